The molecule has 2 heteroatoms. The van der Waals surface area contributed by atoms with Crippen LogP contribution in [-0.2, 0) is 5.41 Å². The lowest BCUT2D eigenvalue weighted by Crippen LogP contribution is -2.28. The van der Waals surface area contributed by atoms with Gasteiger partial charge in [0.15, 0.2) is 0 Å². The van der Waals surface area contributed by atoms with Crippen LogP contribution in [0.2, 0.25) is 0 Å². The predicted octanol–water partition coefficient (Wildman–Crippen LogP) is 18.1. The van der Waals surface area contributed by atoms with E-state index < -0.39 is 5.41 Å². The van der Waals surface area contributed by atoms with Crippen LogP contribution < -0.4 is 4.90 Å². The van der Waals surface area contributed by atoms with Crippen LogP contribution in [0.15, 0.2) is 277 Å². The summed E-state index contributed by atoms with van der Waals surface area (Å²) in [6, 6.07) is 99.2. The van der Waals surface area contributed by atoms with Gasteiger partial charge in [0.05, 0.1) is 11.1 Å². The van der Waals surface area contributed by atoms with Gasteiger partial charge in [-0.1, -0.05) is 218 Å². The zero-order chi connectivity index (χ0) is 45.7. The zero-order valence-electron chi connectivity index (χ0n) is 37.8. The fourth-order valence-electron chi connectivity index (χ4n) is 11.0. The number of hydrogen-bond donors (Lipinski definition) is 0. The molecular formula is C67H45NO. The van der Waals surface area contributed by atoms with Crippen molar-refractivity contribution in [3.8, 4) is 55.6 Å². The van der Waals surface area contributed by atoms with Crippen molar-refractivity contribution in [1.29, 1.82) is 0 Å². The first-order chi connectivity index (χ1) is 34.2. The van der Waals surface area contributed by atoms with E-state index in [1.165, 1.54) is 50.1 Å². The Morgan fingerprint density at radius 2 is 0.783 bits per heavy atom. The molecule has 0 N–H and O–H groups in total. The Morgan fingerprint density at radius 3 is 1.51 bits per heavy atom. The van der Waals surface area contributed by atoms with E-state index in [2.05, 4.69) is 266 Å². The number of fused-ring (bicyclic) bond motifs is 6. The molecule has 324 valence electrons. The summed E-state index contributed by atoms with van der Waals surface area (Å²) < 4.78 is 6.16. The van der Waals surface area contributed by atoms with Gasteiger partial charge < -0.3 is 9.32 Å². The molecule has 1 aliphatic carbocycles. The third-order valence-corrected chi connectivity index (χ3v) is 14.2. The van der Waals surface area contributed by atoms with Crippen molar-refractivity contribution < 1.29 is 4.42 Å². The fourth-order valence-corrected chi connectivity index (χ4v) is 11.0. The molecule has 0 spiro atoms. The van der Waals surface area contributed by atoms with Crippen LogP contribution >= 0.6 is 0 Å². The Kier molecular flexibility index (Phi) is 9.77. The maximum Gasteiger partial charge on any atom is 0.135 e. The predicted molar refractivity (Wildman–Crippen MR) is 287 cm³/mol. The van der Waals surface area contributed by atoms with Crippen molar-refractivity contribution in [3.63, 3.8) is 0 Å². The highest BCUT2D eigenvalue weighted by Crippen LogP contribution is 2.56. The molecule has 69 heavy (non-hydrogen) atoms. The third kappa shape index (κ3) is 6.80. The maximum atomic E-state index is 6.16. The average Bonchev–Trinajstić information content (AvgIpc) is 3.95. The van der Waals surface area contributed by atoms with Gasteiger partial charge in [-0.3, -0.25) is 0 Å². The maximum absolute atomic E-state index is 6.16. The Bertz CT molecular complexity index is 3780. The van der Waals surface area contributed by atoms with Crippen LogP contribution in [0.25, 0.3) is 77.6 Å². The van der Waals surface area contributed by atoms with Gasteiger partial charge in [0.25, 0.3) is 0 Å². The molecule has 13 rings (SSSR count). The van der Waals surface area contributed by atoms with E-state index in [1.807, 2.05) is 12.1 Å². The zero-order valence-corrected chi connectivity index (χ0v) is 37.8. The van der Waals surface area contributed by atoms with Gasteiger partial charge in [0.2, 0.25) is 0 Å². The number of rotatable bonds is 9. The summed E-state index contributed by atoms with van der Waals surface area (Å²) in [6.45, 7) is 0. The standard InChI is InChI=1S/C67H45NO/c1-4-17-49(18-5-1)57-25-11-14-29-64(57)68(55-39-35-48(36-40-55)52-38-42-66-61(45-52)59-27-12-15-30-65(59)69-66)56-24-16-19-50(43-56)46-31-33-47(34-32-46)51-37-41-63-60(44-51)58-26-10-13-28-62(58)67(63,53-20-6-2-7-21-53)54-22-8-3-9-23-54/h1-45H. The van der Waals surface area contributed by atoms with Crippen LogP contribution in [0.4, 0.5) is 17.1 Å². The van der Waals surface area contributed by atoms with Crippen molar-refractivity contribution in [3.05, 3.63) is 295 Å². The molecule has 1 heterocycles. The molecule has 0 saturated heterocycles. The lowest BCUT2D eigenvalue weighted by atomic mass is 9.67. The number of para-hydroxylation sites is 2. The van der Waals surface area contributed by atoms with Crippen LogP contribution in [0.1, 0.15) is 22.3 Å². The second-order valence-corrected chi connectivity index (χ2v) is 18.0. The largest absolute Gasteiger partial charge is 0.456 e. The van der Waals surface area contributed by atoms with E-state index in [0.29, 0.717) is 0 Å². The first-order valence-corrected chi connectivity index (χ1v) is 23.7. The van der Waals surface area contributed by atoms with Crippen molar-refractivity contribution in [2.24, 2.45) is 0 Å². The summed E-state index contributed by atoms with van der Waals surface area (Å²) in [5.74, 6) is 0. The molecule has 0 unspecified atom stereocenters. The SMILES string of the molecule is c1ccc(-c2ccccc2N(c2ccc(-c3ccc4oc5ccccc5c4c3)cc2)c2cccc(-c3ccc(-c4ccc5c(c4)-c4ccccc4C5(c4ccccc4)c4ccccc4)cc3)c2)cc1. The summed E-state index contributed by atoms with van der Waals surface area (Å²) in [4.78, 5) is 2.39. The lowest BCUT2D eigenvalue weighted by molar-refractivity contribution is 0.669. The second-order valence-electron chi connectivity index (χ2n) is 18.0. The third-order valence-electron chi connectivity index (χ3n) is 14.2. The Hall–Kier alpha value is -8.98. The second kappa shape index (κ2) is 16.7. The monoisotopic (exact) mass is 879 g/mol. The van der Waals surface area contributed by atoms with E-state index >= 15 is 0 Å². The number of benzene rings is 11. The number of anilines is 3. The molecule has 0 aliphatic heterocycles. The topological polar surface area (TPSA) is 16.4 Å². The molecule has 0 radical (unpaired) electrons. The van der Waals surface area contributed by atoms with Crippen LogP contribution in [0, 0.1) is 0 Å². The Labute approximate surface area is 402 Å². The summed E-state index contributed by atoms with van der Waals surface area (Å²) in [5, 5.41) is 2.26. The molecule has 0 bridgehead atoms. The first-order valence-electron chi connectivity index (χ1n) is 23.7. The van der Waals surface area contributed by atoms with E-state index in [9.17, 15) is 0 Å². The quantitative estimate of drug-likeness (QED) is 0.144. The van der Waals surface area contributed by atoms with Crippen molar-refractivity contribution in [2.45, 2.75) is 5.41 Å². The van der Waals surface area contributed by atoms with Crippen molar-refractivity contribution in [1.82, 2.24) is 0 Å². The van der Waals surface area contributed by atoms with Gasteiger partial charge in [-0.05, 0) is 127 Å². The number of nitrogens with zero attached hydrogens (tertiary/aromatic N) is 1. The van der Waals surface area contributed by atoms with E-state index in [4.69, 9.17) is 4.42 Å². The number of hydrogen-bond acceptors (Lipinski definition) is 2. The molecule has 1 aromatic heterocycles. The lowest BCUT2D eigenvalue weighted by Gasteiger charge is -2.33. The first kappa shape index (κ1) is 40.3. The Balaban J connectivity index is 0.869. The highest BCUT2D eigenvalue weighted by atomic mass is 16.3. The van der Waals surface area contributed by atoms with Crippen LogP contribution in [0.5, 0.6) is 0 Å². The van der Waals surface area contributed by atoms with Gasteiger partial charge in [-0.2, -0.15) is 0 Å². The molecule has 0 amide bonds. The summed E-state index contributed by atoms with van der Waals surface area (Å²) in [6.07, 6.45) is 0. The van der Waals surface area contributed by atoms with Gasteiger partial charge in [-0.15, -0.1) is 0 Å². The van der Waals surface area contributed by atoms with Gasteiger partial charge in [0.1, 0.15) is 11.2 Å². The molecule has 0 atom stereocenters. The molecule has 11 aromatic carbocycles. The van der Waals surface area contributed by atoms with Crippen LogP contribution in [-0.4, -0.2) is 0 Å². The van der Waals surface area contributed by atoms with Gasteiger partial charge >= 0.3 is 0 Å². The molecular weight excluding hydrogens is 835 g/mol. The minimum atomic E-state index is -0.412. The summed E-state index contributed by atoms with van der Waals surface area (Å²) in [7, 11) is 0. The van der Waals surface area contributed by atoms with Crippen molar-refractivity contribution >= 4 is 39.0 Å². The minimum Gasteiger partial charge on any atom is -0.456 e. The number of furan rings is 1. The Morgan fingerprint density at radius 1 is 0.275 bits per heavy atom. The normalized spacial score (nSPS) is 12.5. The molecule has 0 saturated carbocycles. The molecule has 1 aliphatic rings. The van der Waals surface area contributed by atoms with Crippen molar-refractivity contribution in [2.75, 3.05) is 4.90 Å². The van der Waals surface area contributed by atoms with E-state index in [-0.39, 0.29) is 0 Å². The fraction of sp³-hybridized carbons (Fsp3) is 0.0149. The molecule has 0 fully saturated rings. The van der Waals surface area contributed by atoms with Gasteiger partial charge in [-0.25, -0.2) is 0 Å². The molecule has 12 aromatic rings. The molecule has 2 nitrogen and oxygen atoms in total. The van der Waals surface area contributed by atoms with E-state index in [0.717, 1.165) is 66.8 Å². The highest BCUT2D eigenvalue weighted by Gasteiger charge is 2.46. The highest BCUT2D eigenvalue weighted by molar-refractivity contribution is 6.06. The smallest absolute Gasteiger partial charge is 0.135 e. The van der Waals surface area contributed by atoms with Crippen LogP contribution in [0.3, 0.4) is 0 Å². The summed E-state index contributed by atoms with van der Waals surface area (Å²) >= 11 is 0. The minimum absolute atomic E-state index is 0.412. The average molecular weight is 880 g/mol. The van der Waals surface area contributed by atoms with E-state index in [1.54, 1.807) is 0 Å². The summed E-state index contributed by atoms with van der Waals surface area (Å²) in [5.41, 5.74) is 21.7. The van der Waals surface area contributed by atoms with Gasteiger partial charge in [0, 0.05) is 27.7 Å².